The third kappa shape index (κ3) is 2.33. The molecule has 0 amide bonds. The SMILES string of the molecule is Cc1nc2c(c(C(C)(C)C)n1)Cc1ccc3ccccc3c1C2. The highest BCUT2D eigenvalue weighted by Gasteiger charge is 2.27. The number of aromatic nitrogens is 2. The molecule has 2 aromatic carbocycles. The molecule has 0 aliphatic heterocycles. The van der Waals surface area contributed by atoms with Crippen molar-refractivity contribution in [2.75, 3.05) is 0 Å². The molecule has 3 aromatic rings. The molecule has 0 bridgehead atoms. The number of rotatable bonds is 0. The number of nitrogens with zero attached hydrogens (tertiary/aromatic N) is 2. The van der Waals surface area contributed by atoms with E-state index in [2.05, 4.69) is 57.2 Å². The maximum Gasteiger partial charge on any atom is 0.125 e. The first-order valence-corrected chi connectivity index (χ1v) is 8.30. The molecular weight excluding hydrogens is 280 g/mol. The van der Waals surface area contributed by atoms with E-state index in [0.717, 1.165) is 18.7 Å². The van der Waals surface area contributed by atoms with E-state index in [0.29, 0.717) is 0 Å². The zero-order chi connectivity index (χ0) is 16.2. The summed E-state index contributed by atoms with van der Waals surface area (Å²) in [5.74, 6) is 0.886. The minimum atomic E-state index is 0.0478. The van der Waals surface area contributed by atoms with Crippen LogP contribution in [0.25, 0.3) is 10.8 Å². The molecule has 4 rings (SSSR count). The first-order chi connectivity index (χ1) is 10.9. The Kier molecular flexibility index (Phi) is 3.06. The van der Waals surface area contributed by atoms with Gasteiger partial charge in [-0.05, 0) is 28.8 Å². The predicted octanol–water partition coefficient (Wildman–Crippen LogP) is 4.73. The molecule has 0 spiro atoms. The quantitative estimate of drug-likeness (QED) is 0.469. The van der Waals surface area contributed by atoms with Gasteiger partial charge in [-0.25, -0.2) is 9.97 Å². The van der Waals surface area contributed by atoms with Crippen LogP contribution in [0.5, 0.6) is 0 Å². The van der Waals surface area contributed by atoms with E-state index >= 15 is 0 Å². The summed E-state index contributed by atoms with van der Waals surface area (Å²) in [5, 5.41) is 2.68. The van der Waals surface area contributed by atoms with Gasteiger partial charge >= 0.3 is 0 Å². The van der Waals surface area contributed by atoms with Gasteiger partial charge in [0.15, 0.2) is 0 Å². The summed E-state index contributed by atoms with van der Waals surface area (Å²) < 4.78 is 0. The molecule has 0 N–H and O–H groups in total. The van der Waals surface area contributed by atoms with Crippen LogP contribution >= 0.6 is 0 Å². The molecule has 0 fully saturated rings. The van der Waals surface area contributed by atoms with Gasteiger partial charge in [-0.3, -0.25) is 0 Å². The highest BCUT2D eigenvalue weighted by molar-refractivity contribution is 5.87. The molecule has 0 saturated heterocycles. The van der Waals surface area contributed by atoms with Crippen LogP contribution in [0.15, 0.2) is 36.4 Å². The lowest BCUT2D eigenvalue weighted by atomic mass is 9.80. The fraction of sp³-hybridized carbons (Fsp3) is 0.333. The molecule has 1 aliphatic rings. The van der Waals surface area contributed by atoms with Crippen molar-refractivity contribution in [3.63, 3.8) is 0 Å². The van der Waals surface area contributed by atoms with Crippen LogP contribution < -0.4 is 0 Å². The molecule has 1 heterocycles. The lowest BCUT2D eigenvalue weighted by Crippen LogP contribution is -2.23. The Balaban J connectivity index is 1.94. The number of fused-ring (bicyclic) bond motifs is 4. The van der Waals surface area contributed by atoms with Crippen LogP contribution in [0.4, 0.5) is 0 Å². The Bertz CT molecular complexity index is 917. The molecule has 116 valence electrons. The number of hydrogen-bond donors (Lipinski definition) is 0. The van der Waals surface area contributed by atoms with Crippen molar-refractivity contribution in [2.45, 2.75) is 46.0 Å². The van der Waals surface area contributed by atoms with Crippen LogP contribution in [0.3, 0.4) is 0 Å². The summed E-state index contributed by atoms with van der Waals surface area (Å²) in [6.45, 7) is 8.73. The molecule has 1 aliphatic carbocycles. The fourth-order valence-corrected chi connectivity index (χ4v) is 3.72. The van der Waals surface area contributed by atoms with Crippen LogP contribution in [0.1, 0.15) is 54.7 Å². The second-order valence-corrected chi connectivity index (χ2v) is 7.57. The van der Waals surface area contributed by atoms with Gasteiger partial charge in [-0.15, -0.1) is 0 Å². The van der Waals surface area contributed by atoms with Gasteiger partial charge in [0.05, 0.1) is 11.4 Å². The molecule has 0 saturated carbocycles. The summed E-state index contributed by atoms with van der Waals surface area (Å²) >= 11 is 0. The minimum Gasteiger partial charge on any atom is -0.238 e. The molecule has 0 unspecified atom stereocenters. The second-order valence-electron chi connectivity index (χ2n) is 7.57. The van der Waals surface area contributed by atoms with Crippen molar-refractivity contribution in [1.82, 2.24) is 9.97 Å². The molecule has 0 atom stereocenters. The summed E-state index contributed by atoms with van der Waals surface area (Å²) in [4.78, 5) is 9.56. The Morgan fingerprint density at radius 2 is 1.65 bits per heavy atom. The molecule has 0 radical (unpaired) electrons. The van der Waals surface area contributed by atoms with Gasteiger partial charge in [0.25, 0.3) is 0 Å². The van der Waals surface area contributed by atoms with Crippen LogP contribution in [0, 0.1) is 6.92 Å². The van der Waals surface area contributed by atoms with E-state index in [4.69, 9.17) is 9.97 Å². The normalized spacial score (nSPS) is 13.7. The number of hydrogen-bond acceptors (Lipinski definition) is 2. The third-order valence-electron chi connectivity index (χ3n) is 4.76. The van der Waals surface area contributed by atoms with Gasteiger partial charge in [0, 0.05) is 23.8 Å². The van der Waals surface area contributed by atoms with Crippen molar-refractivity contribution >= 4 is 10.8 Å². The maximum absolute atomic E-state index is 4.78. The van der Waals surface area contributed by atoms with Crippen LogP contribution in [-0.2, 0) is 18.3 Å². The second kappa shape index (κ2) is 4.89. The van der Waals surface area contributed by atoms with Crippen molar-refractivity contribution in [1.29, 1.82) is 0 Å². The minimum absolute atomic E-state index is 0.0478. The van der Waals surface area contributed by atoms with Gasteiger partial charge < -0.3 is 0 Å². The van der Waals surface area contributed by atoms with Crippen molar-refractivity contribution in [3.05, 3.63) is 70.3 Å². The van der Waals surface area contributed by atoms with Gasteiger partial charge in [-0.1, -0.05) is 57.2 Å². The standard InChI is InChI=1S/C21H22N2/c1-13-22-19-12-17-15(10-9-14-7-5-6-8-16(14)17)11-18(19)20(23-13)21(2,3)4/h5-10H,11-12H2,1-4H3. The Morgan fingerprint density at radius 1 is 0.870 bits per heavy atom. The highest BCUT2D eigenvalue weighted by atomic mass is 14.9. The summed E-state index contributed by atoms with van der Waals surface area (Å²) in [6.07, 6.45) is 1.86. The molecule has 1 aromatic heterocycles. The first kappa shape index (κ1) is 14.4. The molecule has 2 heteroatoms. The van der Waals surface area contributed by atoms with E-state index in [9.17, 15) is 0 Å². The lowest BCUT2D eigenvalue weighted by molar-refractivity contribution is 0.553. The average Bonchev–Trinajstić information content (AvgIpc) is 2.51. The molecular formula is C21H22N2. The lowest BCUT2D eigenvalue weighted by Gasteiger charge is -2.28. The number of aryl methyl sites for hydroxylation is 1. The van der Waals surface area contributed by atoms with Gasteiger partial charge in [0.2, 0.25) is 0 Å². The smallest absolute Gasteiger partial charge is 0.125 e. The zero-order valence-electron chi connectivity index (χ0n) is 14.3. The van der Waals surface area contributed by atoms with E-state index in [-0.39, 0.29) is 5.41 Å². The molecule has 2 nitrogen and oxygen atoms in total. The van der Waals surface area contributed by atoms with E-state index in [1.807, 2.05) is 6.92 Å². The first-order valence-electron chi connectivity index (χ1n) is 8.30. The van der Waals surface area contributed by atoms with Gasteiger partial charge in [-0.2, -0.15) is 0 Å². The predicted molar refractivity (Wildman–Crippen MR) is 95.0 cm³/mol. The summed E-state index contributed by atoms with van der Waals surface area (Å²) in [5.41, 5.74) is 6.67. The third-order valence-corrected chi connectivity index (χ3v) is 4.76. The fourth-order valence-electron chi connectivity index (χ4n) is 3.72. The van der Waals surface area contributed by atoms with Crippen LogP contribution in [-0.4, -0.2) is 9.97 Å². The zero-order valence-corrected chi connectivity index (χ0v) is 14.3. The largest absolute Gasteiger partial charge is 0.238 e. The molecule has 23 heavy (non-hydrogen) atoms. The monoisotopic (exact) mass is 302 g/mol. The van der Waals surface area contributed by atoms with E-state index in [1.54, 1.807) is 0 Å². The maximum atomic E-state index is 4.78. The Labute approximate surface area is 137 Å². The van der Waals surface area contributed by atoms with Crippen LogP contribution in [0.2, 0.25) is 0 Å². The van der Waals surface area contributed by atoms with E-state index in [1.165, 1.54) is 38.9 Å². The van der Waals surface area contributed by atoms with Crippen molar-refractivity contribution in [3.8, 4) is 0 Å². The number of benzene rings is 2. The Morgan fingerprint density at radius 3 is 2.43 bits per heavy atom. The van der Waals surface area contributed by atoms with E-state index < -0.39 is 0 Å². The average molecular weight is 302 g/mol. The highest BCUT2D eigenvalue weighted by Crippen LogP contribution is 2.35. The van der Waals surface area contributed by atoms with Crippen molar-refractivity contribution < 1.29 is 0 Å². The summed E-state index contributed by atoms with van der Waals surface area (Å²) in [6, 6.07) is 13.2. The summed E-state index contributed by atoms with van der Waals surface area (Å²) in [7, 11) is 0. The Hall–Kier alpha value is -2.22. The van der Waals surface area contributed by atoms with Crippen molar-refractivity contribution in [2.24, 2.45) is 0 Å². The van der Waals surface area contributed by atoms with Gasteiger partial charge in [0.1, 0.15) is 5.82 Å². The topological polar surface area (TPSA) is 25.8 Å².